The molecular formula is C12H17N5O3. The summed E-state index contributed by atoms with van der Waals surface area (Å²) in [7, 11) is 1.57. The van der Waals surface area contributed by atoms with Gasteiger partial charge >= 0.3 is 0 Å². The summed E-state index contributed by atoms with van der Waals surface area (Å²) in [5, 5.41) is 13.5. The minimum absolute atomic E-state index is 0.0791. The van der Waals surface area contributed by atoms with E-state index in [1.54, 1.807) is 11.9 Å². The Bertz CT molecular complexity index is 534. The number of nitro groups is 1. The Morgan fingerprint density at radius 1 is 1.55 bits per heavy atom. The first-order chi connectivity index (χ1) is 9.52. The van der Waals surface area contributed by atoms with E-state index in [4.69, 9.17) is 5.73 Å². The van der Waals surface area contributed by atoms with E-state index in [1.807, 2.05) is 0 Å². The van der Waals surface area contributed by atoms with Crippen LogP contribution in [0.2, 0.25) is 0 Å². The maximum absolute atomic E-state index is 11.9. The van der Waals surface area contributed by atoms with E-state index in [2.05, 4.69) is 10.3 Å². The molecule has 20 heavy (non-hydrogen) atoms. The molecule has 0 radical (unpaired) electrons. The Hall–Kier alpha value is -2.38. The second kappa shape index (κ2) is 5.72. The molecule has 0 bridgehead atoms. The Balaban J connectivity index is 2.37. The van der Waals surface area contributed by atoms with Crippen molar-refractivity contribution in [1.29, 1.82) is 0 Å². The number of likely N-dealkylation sites (N-methyl/N-ethyl adjacent to an activating group) is 1. The summed E-state index contributed by atoms with van der Waals surface area (Å²) in [6.45, 7) is 0.631. The van der Waals surface area contributed by atoms with E-state index < -0.39 is 4.92 Å². The number of nitrogens with zero attached hydrogens (tertiary/aromatic N) is 3. The van der Waals surface area contributed by atoms with Crippen molar-refractivity contribution in [2.24, 2.45) is 0 Å². The predicted molar refractivity (Wildman–Crippen MR) is 74.4 cm³/mol. The number of hydrogen-bond acceptors (Lipinski definition) is 6. The largest absolute Gasteiger partial charge is 0.383 e. The first-order valence-corrected chi connectivity index (χ1v) is 6.43. The highest BCUT2D eigenvalue weighted by molar-refractivity contribution is 5.85. The van der Waals surface area contributed by atoms with Crippen LogP contribution in [0.15, 0.2) is 12.1 Å². The van der Waals surface area contributed by atoms with Gasteiger partial charge in [-0.3, -0.25) is 14.9 Å². The molecule has 108 valence electrons. The van der Waals surface area contributed by atoms with E-state index in [9.17, 15) is 14.9 Å². The minimum atomic E-state index is -0.514. The van der Waals surface area contributed by atoms with Crippen LogP contribution >= 0.6 is 0 Å². The summed E-state index contributed by atoms with van der Waals surface area (Å²) in [6, 6.07) is 2.21. The number of nitrogens with one attached hydrogen (secondary N) is 1. The van der Waals surface area contributed by atoms with Gasteiger partial charge in [0.1, 0.15) is 17.7 Å². The Kier molecular flexibility index (Phi) is 4.02. The molecule has 8 nitrogen and oxygen atoms in total. The van der Waals surface area contributed by atoms with Crippen LogP contribution in [-0.2, 0) is 4.79 Å². The van der Waals surface area contributed by atoms with Crippen LogP contribution in [0.1, 0.15) is 19.3 Å². The summed E-state index contributed by atoms with van der Waals surface area (Å²) in [4.78, 5) is 28.2. The van der Waals surface area contributed by atoms with Gasteiger partial charge in [0.15, 0.2) is 0 Å². The highest BCUT2D eigenvalue weighted by atomic mass is 16.6. The van der Waals surface area contributed by atoms with Crippen LogP contribution in [0, 0.1) is 10.1 Å². The second-order valence-corrected chi connectivity index (χ2v) is 4.68. The molecule has 1 atom stereocenters. The van der Waals surface area contributed by atoms with Gasteiger partial charge < -0.3 is 16.0 Å². The molecule has 0 aromatic carbocycles. The molecule has 1 unspecified atom stereocenters. The molecule has 0 saturated carbocycles. The average Bonchev–Trinajstić information content (AvgIpc) is 2.45. The lowest BCUT2D eigenvalue weighted by Gasteiger charge is -2.35. The number of nitrogen functional groups attached to an aromatic ring is 1. The molecule has 2 rings (SSSR count). The lowest BCUT2D eigenvalue weighted by atomic mass is 10.0. The molecule has 8 heteroatoms. The van der Waals surface area contributed by atoms with E-state index >= 15 is 0 Å². The molecule has 1 fully saturated rings. The first kappa shape index (κ1) is 14.0. The van der Waals surface area contributed by atoms with E-state index in [-0.39, 0.29) is 23.5 Å². The maximum Gasteiger partial charge on any atom is 0.276 e. The number of aromatic nitrogens is 1. The van der Waals surface area contributed by atoms with Crippen LogP contribution in [0.3, 0.4) is 0 Å². The van der Waals surface area contributed by atoms with Crippen molar-refractivity contribution in [3.05, 3.63) is 22.2 Å². The third-order valence-electron chi connectivity index (χ3n) is 3.37. The van der Waals surface area contributed by atoms with Crippen molar-refractivity contribution >= 4 is 23.2 Å². The Morgan fingerprint density at radius 2 is 2.30 bits per heavy atom. The second-order valence-electron chi connectivity index (χ2n) is 4.68. The van der Waals surface area contributed by atoms with E-state index in [0.29, 0.717) is 18.8 Å². The number of carbonyl (C=O) groups excluding carboxylic acids is 1. The standard InChI is InChI=1S/C12H17N5O3/c1-14-12(18)9-4-2-3-5-16(9)11-7-8(17(19)20)6-10(13)15-11/h6-7,9H,2-5H2,1H3,(H2,13,15)(H,14,18). The minimum Gasteiger partial charge on any atom is -0.383 e. The van der Waals surface area contributed by atoms with E-state index in [0.717, 1.165) is 12.8 Å². The number of nitrogens with two attached hydrogens (primary N) is 1. The highest BCUT2D eigenvalue weighted by Gasteiger charge is 2.30. The average molecular weight is 279 g/mol. The van der Waals surface area contributed by atoms with Crippen LogP contribution in [0.4, 0.5) is 17.3 Å². The molecule has 1 aliphatic rings. The molecule has 1 amide bonds. The monoisotopic (exact) mass is 279 g/mol. The smallest absolute Gasteiger partial charge is 0.276 e. The van der Waals surface area contributed by atoms with Crippen molar-refractivity contribution in [1.82, 2.24) is 10.3 Å². The van der Waals surface area contributed by atoms with Gasteiger partial charge in [-0.25, -0.2) is 4.98 Å². The number of rotatable bonds is 3. The van der Waals surface area contributed by atoms with Crippen molar-refractivity contribution in [2.75, 3.05) is 24.2 Å². The molecule has 1 aromatic rings. The van der Waals surface area contributed by atoms with Crippen molar-refractivity contribution < 1.29 is 9.72 Å². The molecular weight excluding hydrogens is 262 g/mol. The van der Waals surface area contributed by atoms with Crippen LogP contribution < -0.4 is 16.0 Å². The Morgan fingerprint density at radius 3 is 2.95 bits per heavy atom. The topological polar surface area (TPSA) is 114 Å². The highest BCUT2D eigenvalue weighted by Crippen LogP contribution is 2.27. The third-order valence-corrected chi connectivity index (χ3v) is 3.37. The maximum atomic E-state index is 11.9. The molecule has 2 heterocycles. The molecule has 0 spiro atoms. The van der Waals surface area contributed by atoms with E-state index in [1.165, 1.54) is 12.1 Å². The fourth-order valence-corrected chi connectivity index (χ4v) is 2.42. The molecule has 3 N–H and O–H groups in total. The predicted octanol–water partition coefficient (Wildman–Crippen LogP) is 0.677. The summed E-state index contributed by atoms with van der Waals surface area (Å²) in [6.07, 6.45) is 2.56. The SMILES string of the molecule is CNC(=O)C1CCCCN1c1cc([N+](=O)[O-])cc(N)n1. The molecule has 1 aromatic heterocycles. The van der Waals surface area contributed by atoms with Crippen LogP contribution in [-0.4, -0.2) is 35.4 Å². The van der Waals surface area contributed by atoms with Gasteiger partial charge in [0, 0.05) is 13.6 Å². The number of hydrogen-bond donors (Lipinski definition) is 2. The van der Waals surface area contributed by atoms with Crippen molar-refractivity contribution in [3.8, 4) is 0 Å². The number of anilines is 2. The normalized spacial score (nSPS) is 18.6. The molecule has 1 saturated heterocycles. The van der Waals surface area contributed by atoms with Crippen LogP contribution in [0.25, 0.3) is 0 Å². The first-order valence-electron chi connectivity index (χ1n) is 6.43. The lowest BCUT2D eigenvalue weighted by molar-refractivity contribution is -0.384. The Labute approximate surface area is 116 Å². The van der Waals surface area contributed by atoms with Gasteiger partial charge in [-0.1, -0.05) is 0 Å². The zero-order chi connectivity index (χ0) is 14.7. The summed E-state index contributed by atoms with van der Waals surface area (Å²) < 4.78 is 0. The zero-order valence-electron chi connectivity index (χ0n) is 11.2. The summed E-state index contributed by atoms with van der Waals surface area (Å²) in [5.41, 5.74) is 5.50. The van der Waals surface area contributed by atoms with Gasteiger partial charge in [-0.15, -0.1) is 0 Å². The van der Waals surface area contributed by atoms with Crippen molar-refractivity contribution in [3.63, 3.8) is 0 Å². The number of pyridine rings is 1. The third kappa shape index (κ3) is 2.79. The lowest BCUT2D eigenvalue weighted by Crippen LogP contribution is -2.49. The summed E-state index contributed by atoms with van der Waals surface area (Å²) in [5.74, 6) is 0.344. The quantitative estimate of drug-likeness (QED) is 0.621. The molecule has 1 aliphatic heterocycles. The van der Waals surface area contributed by atoms with Gasteiger partial charge in [0.05, 0.1) is 17.1 Å². The van der Waals surface area contributed by atoms with Crippen molar-refractivity contribution in [2.45, 2.75) is 25.3 Å². The number of amides is 1. The number of carbonyl (C=O) groups is 1. The fraction of sp³-hybridized carbons (Fsp3) is 0.500. The number of piperidine rings is 1. The van der Waals surface area contributed by atoms with Gasteiger partial charge in [-0.2, -0.15) is 0 Å². The van der Waals surface area contributed by atoms with Gasteiger partial charge in [0.2, 0.25) is 5.91 Å². The van der Waals surface area contributed by atoms with Gasteiger partial charge in [-0.05, 0) is 19.3 Å². The van der Waals surface area contributed by atoms with Crippen LogP contribution in [0.5, 0.6) is 0 Å². The zero-order valence-corrected chi connectivity index (χ0v) is 11.2. The summed E-state index contributed by atoms with van der Waals surface area (Å²) >= 11 is 0. The van der Waals surface area contributed by atoms with Gasteiger partial charge in [0.25, 0.3) is 5.69 Å². The molecule has 0 aliphatic carbocycles. The fourth-order valence-electron chi connectivity index (χ4n) is 2.42.